The van der Waals surface area contributed by atoms with Crippen LogP contribution < -0.4 is 5.32 Å². The Hall–Kier alpha value is -1.74. The number of carboxylic acids is 1. The quantitative estimate of drug-likeness (QED) is 0.107. The van der Waals surface area contributed by atoms with Gasteiger partial charge in [-0.05, 0) is 13.8 Å². The van der Waals surface area contributed by atoms with E-state index in [1.807, 2.05) is 0 Å². The molecular weight excluding hydrogens is 646 g/mol. The van der Waals surface area contributed by atoms with E-state index >= 15 is 0 Å². The first-order chi connectivity index (χ1) is 22.0. The molecule has 4 aliphatic rings. The number of hydrogen-bond acceptors (Lipinski definition) is 19. The van der Waals surface area contributed by atoms with E-state index in [-0.39, 0.29) is 0 Å². The minimum absolute atomic E-state index is 0.708. The molecule has 20 atom stereocenters. The molecule has 0 saturated carbocycles. The molecule has 4 aliphatic heterocycles. The summed E-state index contributed by atoms with van der Waals surface area (Å²) in [5.41, 5.74) is 0. The van der Waals surface area contributed by atoms with Crippen molar-refractivity contribution in [3.8, 4) is 0 Å². The smallest absolute Gasteiger partial charge is 0.335 e. The lowest BCUT2D eigenvalue weighted by Gasteiger charge is -2.49. The summed E-state index contributed by atoms with van der Waals surface area (Å²) < 4.78 is 38.3. The first kappa shape index (κ1) is 38.1. The highest BCUT2D eigenvalue weighted by molar-refractivity contribution is 5.74. The highest BCUT2D eigenvalue weighted by Crippen LogP contribution is 2.34. The molecule has 12 N–H and O–H groups in total. The predicted octanol–water partition coefficient (Wildman–Crippen LogP) is -7.46. The van der Waals surface area contributed by atoms with Crippen LogP contribution in [0.5, 0.6) is 0 Å². The van der Waals surface area contributed by atoms with Crippen LogP contribution in [-0.4, -0.2) is 197 Å². The lowest BCUT2D eigenvalue weighted by atomic mass is 9.95. The van der Waals surface area contributed by atoms with Crippen molar-refractivity contribution in [2.24, 2.45) is 0 Å². The minimum atomic E-state index is -2.18. The number of amides is 1. The Morgan fingerprint density at radius 2 is 1.11 bits per heavy atom. The second-order valence-electron chi connectivity index (χ2n) is 11.9. The Bertz CT molecular complexity index is 1070. The van der Waals surface area contributed by atoms with E-state index in [0.717, 1.165) is 6.92 Å². The van der Waals surface area contributed by atoms with Gasteiger partial charge >= 0.3 is 5.97 Å². The van der Waals surface area contributed by atoms with Gasteiger partial charge in [-0.1, -0.05) is 0 Å². The van der Waals surface area contributed by atoms with Crippen LogP contribution in [0.2, 0.25) is 0 Å². The number of aliphatic carboxylic acids is 1. The van der Waals surface area contributed by atoms with Gasteiger partial charge < -0.3 is 94.6 Å². The van der Waals surface area contributed by atoms with Gasteiger partial charge in [0.05, 0.1) is 18.8 Å². The fourth-order valence-electron chi connectivity index (χ4n) is 5.78. The first-order valence-electron chi connectivity index (χ1n) is 14.8. The summed E-state index contributed by atoms with van der Waals surface area (Å²) in [7, 11) is 0. The molecule has 47 heavy (non-hydrogen) atoms. The summed E-state index contributed by atoms with van der Waals surface area (Å²) in [6.07, 6.45) is -33.6. The molecule has 21 nitrogen and oxygen atoms in total. The number of ether oxygens (including phenoxy) is 7. The van der Waals surface area contributed by atoms with Gasteiger partial charge in [0.15, 0.2) is 31.3 Å². The standard InChI is InChI=1S/C26H43NO20/c1-5-10(30)13(33)16(36)24(41-5)46-20-14(34)11(31)6(2)42-26(20)45-19-15(35)17(37)25(47-21(19)22(38)39)44-18-9(27-7(3)29)23(40)43-8(4-28)12(18)32/h5-6,8-21,23-26,28,30-37,40H,4H2,1-3H3,(H,27,29)(H,38,39)/t5-,6-,8?,9?,10-,11-,12-,13?,14?,15+,16?,17?,18+,19+,20?,21?,23+,24-,25+,26-/m0/s1. The normalized spacial score (nSPS) is 50.9. The summed E-state index contributed by atoms with van der Waals surface area (Å²) in [6, 6.07) is -1.52. The molecule has 4 rings (SSSR count). The van der Waals surface area contributed by atoms with Crippen molar-refractivity contribution in [2.45, 2.75) is 144 Å². The van der Waals surface area contributed by atoms with Gasteiger partial charge in [0.2, 0.25) is 5.91 Å². The molecule has 8 unspecified atom stereocenters. The minimum Gasteiger partial charge on any atom is -0.479 e. The third-order valence-corrected chi connectivity index (χ3v) is 8.50. The van der Waals surface area contributed by atoms with E-state index in [1.54, 1.807) is 0 Å². The van der Waals surface area contributed by atoms with Crippen LogP contribution in [0, 0.1) is 0 Å². The fraction of sp³-hybridized carbons (Fsp3) is 0.923. The zero-order chi connectivity index (χ0) is 35.1. The van der Waals surface area contributed by atoms with E-state index in [1.165, 1.54) is 13.8 Å². The molecule has 0 radical (unpaired) electrons. The maximum atomic E-state index is 12.3. The third kappa shape index (κ3) is 7.86. The Morgan fingerprint density at radius 1 is 0.617 bits per heavy atom. The Balaban J connectivity index is 1.56. The first-order valence-corrected chi connectivity index (χ1v) is 14.8. The largest absolute Gasteiger partial charge is 0.479 e. The van der Waals surface area contributed by atoms with Crippen LogP contribution in [0.15, 0.2) is 0 Å². The topological polar surface area (TPSA) is 333 Å². The monoisotopic (exact) mass is 689 g/mol. The van der Waals surface area contributed by atoms with Crippen LogP contribution in [-0.2, 0) is 42.7 Å². The number of rotatable bonds is 9. The van der Waals surface area contributed by atoms with Gasteiger partial charge in [0.25, 0.3) is 0 Å². The molecule has 0 aromatic rings. The molecule has 0 bridgehead atoms. The zero-order valence-electron chi connectivity index (χ0n) is 25.3. The second kappa shape index (κ2) is 15.4. The van der Waals surface area contributed by atoms with Crippen molar-refractivity contribution in [2.75, 3.05) is 6.61 Å². The van der Waals surface area contributed by atoms with Crippen LogP contribution in [0.3, 0.4) is 0 Å². The van der Waals surface area contributed by atoms with Crippen molar-refractivity contribution in [3.05, 3.63) is 0 Å². The molecule has 21 heteroatoms. The number of aliphatic hydroxyl groups is 10. The highest BCUT2D eigenvalue weighted by atomic mass is 16.8. The average Bonchev–Trinajstić information content (AvgIpc) is 3.01. The van der Waals surface area contributed by atoms with Gasteiger partial charge in [-0.2, -0.15) is 0 Å². The van der Waals surface area contributed by atoms with Gasteiger partial charge in [-0.3, -0.25) is 4.79 Å². The molecule has 0 aliphatic carbocycles. The summed E-state index contributed by atoms with van der Waals surface area (Å²) in [4.78, 5) is 24.1. The molecule has 272 valence electrons. The Morgan fingerprint density at radius 3 is 1.68 bits per heavy atom. The van der Waals surface area contributed by atoms with Crippen LogP contribution in [0.1, 0.15) is 20.8 Å². The number of nitrogens with one attached hydrogen (secondary N) is 1. The Kier molecular flexibility index (Phi) is 12.5. The highest BCUT2D eigenvalue weighted by Gasteiger charge is 2.56. The van der Waals surface area contributed by atoms with Crippen molar-refractivity contribution >= 4 is 11.9 Å². The van der Waals surface area contributed by atoms with Gasteiger partial charge in [0, 0.05) is 6.92 Å². The average molecular weight is 690 g/mol. The molecule has 4 fully saturated rings. The molecule has 0 aromatic carbocycles. The fourth-order valence-corrected chi connectivity index (χ4v) is 5.78. The van der Waals surface area contributed by atoms with Crippen LogP contribution in [0.25, 0.3) is 0 Å². The number of carbonyl (C=O) groups excluding carboxylic acids is 1. The van der Waals surface area contributed by atoms with E-state index in [9.17, 15) is 65.8 Å². The van der Waals surface area contributed by atoms with E-state index in [0.29, 0.717) is 0 Å². The predicted molar refractivity (Wildman–Crippen MR) is 143 cm³/mol. The molecule has 0 aromatic heterocycles. The van der Waals surface area contributed by atoms with Gasteiger partial charge in [-0.25, -0.2) is 4.79 Å². The molecule has 4 saturated heterocycles. The maximum absolute atomic E-state index is 12.3. The SMILES string of the molecule is CC(=O)NC1[C@H](O)OC(CO)[C@H](O)[C@@H]1O[C@@H]1OC(C(=O)O)[C@H](O[C@@H]2O[C@@H](C)[C@H](O)C(O)C2O[C@@H]2O[C@@H](C)[C@H](O)C(O)C2O)[C@H](O)C1O. The van der Waals surface area contributed by atoms with E-state index in [2.05, 4.69) is 5.32 Å². The third-order valence-electron chi connectivity index (χ3n) is 8.50. The molecule has 1 amide bonds. The number of carbonyl (C=O) groups is 2. The van der Waals surface area contributed by atoms with E-state index in [4.69, 9.17) is 33.2 Å². The molecule has 4 heterocycles. The van der Waals surface area contributed by atoms with Crippen LogP contribution >= 0.6 is 0 Å². The van der Waals surface area contributed by atoms with Crippen molar-refractivity contribution < 1.29 is 98.9 Å². The summed E-state index contributed by atoms with van der Waals surface area (Å²) in [5, 5.41) is 117. The molecule has 0 spiro atoms. The van der Waals surface area contributed by atoms with Crippen molar-refractivity contribution in [1.82, 2.24) is 5.32 Å². The van der Waals surface area contributed by atoms with Crippen LogP contribution in [0.4, 0.5) is 0 Å². The summed E-state index contributed by atoms with van der Waals surface area (Å²) in [6.45, 7) is 2.92. The molecular formula is C26H43NO20. The van der Waals surface area contributed by atoms with E-state index < -0.39 is 141 Å². The Labute approximate surface area is 266 Å². The number of carboxylic acid groups (broad SMARTS) is 1. The van der Waals surface area contributed by atoms with Gasteiger partial charge in [0.1, 0.15) is 79.3 Å². The van der Waals surface area contributed by atoms with Crippen molar-refractivity contribution in [3.63, 3.8) is 0 Å². The zero-order valence-corrected chi connectivity index (χ0v) is 25.3. The number of hydrogen-bond donors (Lipinski definition) is 12. The van der Waals surface area contributed by atoms with Crippen molar-refractivity contribution in [1.29, 1.82) is 0 Å². The number of aliphatic hydroxyl groups excluding tert-OH is 10. The van der Waals surface area contributed by atoms with Gasteiger partial charge in [-0.15, -0.1) is 0 Å². The summed E-state index contributed by atoms with van der Waals surface area (Å²) >= 11 is 0. The second-order valence-corrected chi connectivity index (χ2v) is 11.9. The lowest BCUT2D eigenvalue weighted by Crippen LogP contribution is -2.69. The lowest BCUT2D eigenvalue weighted by molar-refractivity contribution is -0.386. The maximum Gasteiger partial charge on any atom is 0.335 e. The summed E-state index contributed by atoms with van der Waals surface area (Å²) in [5.74, 6) is -2.48.